The van der Waals surface area contributed by atoms with Crippen molar-refractivity contribution in [2.24, 2.45) is 5.84 Å². The summed E-state index contributed by atoms with van der Waals surface area (Å²) < 4.78 is 1.05. The Morgan fingerprint density at radius 1 is 1.06 bits per heavy atom. The van der Waals surface area contributed by atoms with Crippen LogP contribution in [0.15, 0.2) is 41.1 Å². The van der Waals surface area contributed by atoms with Crippen molar-refractivity contribution in [3.8, 4) is 0 Å². The quantitative estimate of drug-likeness (QED) is 0.677. The molecule has 3 N–H and O–H groups in total. The minimum atomic E-state index is -0.0476. The van der Waals surface area contributed by atoms with Gasteiger partial charge in [0.2, 0.25) is 0 Å². The van der Waals surface area contributed by atoms with E-state index in [4.69, 9.17) is 5.84 Å². The summed E-state index contributed by atoms with van der Waals surface area (Å²) in [5.41, 5.74) is 7.36. The van der Waals surface area contributed by atoms with E-state index >= 15 is 0 Å². The van der Waals surface area contributed by atoms with E-state index < -0.39 is 0 Å². The zero-order chi connectivity index (χ0) is 13.1. The number of benzene rings is 1. The van der Waals surface area contributed by atoms with Gasteiger partial charge in [-0.25, -0.2) is 5.43 Å². The normalized spacial score (nSPS) is 12.4. The summed E-state index contributed by atoms with van der Waals surface area (Å²) in [5, 5.41) is 0. The fourth-order valence-electron chi connectivity index (χ4n) is 2.05. The van der Waals surface area contributed by atoms with E-state index in [-0.39, 0.29) is 6.04 Å². The van der Waals surface area contributed by atoms with Gasteiger partial charge >= 0.3 is 0 Å². The summed E-state index contributed by atoms with van der Waals surface area (Å²) >= 11 is 3.51. The molecule has 1 heterocycles. The molecule has 1 aromatic heterocycles. The number of rotatable bonds is 3. The van der Waals surface area contributed by atoms with E-state index in [0.29, 0.717) is 0 Å². The topological polar surface area (TPSA) is 50.9 Å². The van der Waals surface area contributed by atoms with Crippen LogP contribution in [0.4, 0.5) is 0 Å². The summed E-state index contributed by atoms with van der Waals surface area (Å²) in [6.07, 6.45) is 3.68. The maximum Gasteiger partial charge on any atom is 0.0725 e. The molecule has 0 aliphatic heterocycles. The van der Waals surface area contributed by atoms with E-state index in [9.17, 15) is 0 Å². The van der Waals surface area contributed by atoms with Gasteiger partial charge in [-0.2, -0.15) is 0 Å². The van der Waals surface area contributed by atoms with Gasteiger partial charge in [-0.3, -0.25) is 10.8 Å². The Kier molecular flexibility index (Phi) is 4.11. The Morgan fingerprint density at radius 3 is 2.39 bits per heavy atom. The highest BCUT2D eigenvalue weighted by atomic mass is 79.9. The lowest BCUT2D eigenvalue weighted by atomic mass is 9.98. The average Bonchev–Trinajstić information content (AvgIpc) is 2.28. The molecule has 0 spiro atoms. The number of aryl methyl sites for hydroxylation is 2. The third kappa shape index (κ3) is 2.96. The molecule has 0 aliphatic rings. The van der Waals surface area contributed by atoms with Crippen LogP contribution in [0.1, 0.15) is 28.3 Å². The molecular formula is C14H16BrN3. The van der Waals surface area contributed by atoms with Crippen LogP contribution in [0.25, 0.3) is 0 Å². The monoisotopic (exact) mass is 305 g/mol. The molecule has 1 unspecified atom stereocenters. The molecule has 2 rings (SSSR count). The number of hydrazine groups is 1. The number of hydrogen-bond acceptors (Lipinski definition) is 3. The zero-order valence-corrected chi connectivity index (χ0v) is 12.0. The molecule has 2 aromatic rings. The van der Waals surface area contributed by atoms with Crippen LogP contribution >= 0.6 is 15.9 Å². The van der Waals surface area contributed by atoms with Gasteiger partial charge in [-0.15, -0.1) is 0 Å². The molecule has 1 atom stereocenters. The second-order valence-corrected chi connectivity index (χ2v) is 5.37. The number of nitrogens with one attached hydrogen (secondary N) is 1. The predicted molar refractivity (Wildman–Crippen MR) is 77.0 cm³/mol. The van der Waals surface area contributed by atoms with Crippen molar-refractivity contribution < 1.29 is 0 Å². The highest BCUT2D eigenvalue weighted by Crippen LogP contribution is 2.25. The Labute approximate surface area is 116 Å². The Morgan fingerprint density at radius 2 is 1.78 bits per heavy atom. The predicted octanol–water partition coefficient (Wildman–Crippen LogP) is 3.01. The molecule has 0 amide bonds. The van der Waals surface area contributed by atoms with E-state index in [1.54, 1.807) is 0 Å². The van der Waals surface area contributed by atoms with Crippen LogP contribution < -0.4 is 11.3 Å². The number of pyridine rings is 1. The van der Waals surface area contributed by atoms with Crippen molar-refractivity contribution in [2.45, 2.75) is 19.9 Å². The third-order valence-corrected chi connectivity index (χ3v) is 3.25. The first kappa shape index (κ1) is 13.2. The molecule has 0 aliphatic carbocycles. The van der Waals surface area contributed by atoms with Gasteiger partial charge in [-0.05, 0) is 48.2 Å². The van der Waals surface area contributed by atoms with Gasteiger partial charge < -0.3 is 0 Å². The number of nitrogens with zero attached hydrogens (tertiary/aromatic N) is 1. The molecule has 0 bridgehead atoms. The first-order valence-electron chi connectivity index (χ1n) is 5.75. The maximum absolute atomic E-state index is 5.69. The van der Waals surface area contributed by atoms with Crippen molar-refractivity contribution in [2.75, 3.05) is 0 Å². The van der Waals surface area contributed by atoms with Crippen LogP contribution in [-0.2, 0) is 0 Å². The molecule has 0 saturated carbocycles. The maximum atomic E-state index is 5.69. The standard InChI is InChI=1S/C14H16BrN3/c1-9-3-11(6-13(15)5-9)14(18-16)12-4-10(2)7-17-8-12/h3-8,14,18H,16H2,1-2H3. The van der Waals surface area contributed by atoms with E-state index in [1.165, 1.54) is 5.56 Å². The van der Waals surface area contributed by atoms with Gasteiger partial charge in [0.1, 0.15) is 0 Å². The van der Waals surface area contributed by atoms with Crippen molar-refractivity contribution in [1.82, 2.24) is 10.4 Å². The molecule has 18 heavy (non-hydrogen) atoms. The van der Waals surface area contributed by atoms with Gasteiger partial charge in [0.05, 0.1) is 6.04 Å². The van der Waals surface area contributed by atoms with Crippen molar-refractivity contribution >= 4 is 15.9 Å². The van der Waals surface area contributed by atoms with Crippen LogP contribution in [0.2, 0.25) is 0 Å². The SMILES string of the molecule is Cc1cncc(C(NN)c2cc(C)cc(Br)c2)c1. The number of aromatic nitrogens is 1. The van der Waals surface area contributed by atoms with Crippen LogP contribution in [-0.4, -0.2) is 4.98 Å². The third-order valence-electron chi connectivity index (χ3n) is 2.79. The molecule has 94 valence electrons. The van der Waals surface area contributed by atoms with E-state index in [1.807, 2.05) is 19.3 Å². The Bertz CT molecular complexity index is 534. The lowest BCUT2D eigenvalue weighted by Gasteiger charge is -2.18. The fraction of sp³-hybridized carbons (Fsp3) is 0.214. The molecule has 0 fully saturated rings. The van der Waals surface area contributed by atoms with Crippen LogP contribution in [0, 0.1) is 13.8 Å². The minimum absolute atomic E-state index is 0.0476. The molecule has 4 heteroatoms. The number of halogens is 1. The van der Waals surface area contributed by atoms with E-state index in [0.717, 1.165) is 21.2 Å². The Balaban J connectivity index is 2.45. The molecule has 0 radical (unpaired) electrons. The summed E-state index contributed by atoms with van der Waals surface area (Å²) in [6, 6.07) is 8.31. The first-order valence-corrected chi connectivity index (χ1v) is 6.54. The number of nitrogens with two attached hydrogens (primary N) is 1. The molecule has 3 nitrogen and oxygen atoms in total. The Hall–Kier alpha value is -1.23. The summed E-state index contributed by atoms with van der Waals surface area (Å²) in [4.78, 5) is 4.22. The lowest BCUT2D eigenvalue weighted by Crippen LogP contribution is -2.29. The summed E-state index contributed by atoms with van der Waals surface area (Å²) in [7, 11) is 0. The zero-order valence-electron chi connectivity index (χ0n) is 10.4. The fourth-order valence-corrected chi connectivity index (χ4v) is 2.68. The first-order chi connectivity index (χ1) is 8.60. The van der Waals surface area contributed by atoms with Crippen molar-refractivity contribution in [1.29, 1.82) is 0 Å². The second kappa shape index (κ2) is 5.61. The van der Waals surface area contributed by atoms with Crippen LogP contribution in [0.5, 0.6) is 0 Å². The molecule has 1 aromatic carbocycles. The van der Waals surface area contributed by atoms with Crippen LogP contribution in [0.3, 0.4) is 0 Å². The smallest absolute Gasteiger partial charge is 0.0725 e. The second-order valence-electron chi connectivity index (χ2n) is 4.46. The average molecular weight is 306 g/mol. The lowest BCUT2D eigenvalue weighted by molar-refractivity contribution is 0.633. The molecular weight excluding hydrogens is 290 g/mol. The number of hydrogen-bond donors (Lipinski definition) is 2. The van der Waals surface area contributed by atoms with Gasteiger partial charge in [0.25, 0.3) is 0 Å². The minimum Gasteiger partial charge on any atom is -0.271 e. The van der Waals surface area contributed by atoms with Crippen molar-refractivity contribution in [3.05, 3.63) is 63.4 Å². The van der Waals surface area contributed by atoms with Gasteiger partial charge in [0.15, 0.2) is 0 Å². The van der Waals surface area contributed by atoms with Gasteiger partial charge in [0, 0.05) is 16.9 Å². The van der Waals surface area contributed by atoms with Gasteiger partial charge in [-0.1, -0.05) is 28.1 Å². The van der Waals surface area contributed by atoms with E-state index in [2.05, 4.69) is 57.5 Å². The summed E-state index contributed by atoms with van der Waals surface area (Å²) in [6.45, 7) is 4.09. The van der Waals surface area contributed by atoms with Crippen molar-refractivity contribution in [3.63, 3.8) is 0 Å². The highest BCUT2D eigenvalue weighted by molar-refractivity contribution is 9.10. The molecule has 0 saturated heterocycles. The highest BCUT2D eigenvalue weighted by Gasteiger charge is 2.13. The largest absolute Gasteiger partial charge is 0.271 e. The summed E-state index contributed by atoms with van der Waals surface area (Å²) in [5.74, 6) is 5.69.